The van der Waals surface area contributed by atoms with Crippen molar-refractivity contribution in [1.29, 1.82) is 0 Å². The zero-order valence-corrected chi connectivity index (χ0v) is 13.1. The van der Waals surface area contributed by atoms with E-state index in [2.05, 4.69) is 0 Å². The van der Waals surface area contributed by atoms with E-state index in [0.29, 0.717) is 5.56 Å². The van der Waals surface area contributed by atoms with E-state index in [1.165, 1.54) is 35.2 Å². The molecule has 2 aromatic rings. The number of halogens is 1. The third kappa shape index (κ3) is 3.92. The van der Waals surface area contributed by atoms with Crippen LogP contribution in [0.2, 0.25) is 0 Å². The van der Waals surface area contributed by atoms with E-state index in [9.17, 15) is 17.6 Å². The summed E-state index contributed by atoms with van der Waals surface area (Å²) in [5.74, 6) is -0.688. The molecule has 6 heteroatoms. The first-order chi connectivity index (χ1) is 10.3. The van der Waals surface area contributed by atoms with Gasteiger partial charge in [0.15, 0.2) is 9.84 Å². The fourth-order valence-electron chi connectivity index (χ4n) is 2.06. The zero-order chi connectivity index (χ0) is 16.3. The summed E-state index contributed by atoms with van der Waals surface area (Å²) in [6.45, 7) is 0.236. The summed E-state index contributed by atoms with van der Waals surface area (Å²) in [6, 6.07) is 11.9. The monoisotopic (exact) mass is 321 g/mol. The molecular formula is C16H16FNO3S. The second-order valence-electron chi connectivity index (χ2n) is 5.09. The van der Waals surface area contributed by atoms with E-state index in [1.54, 1.807) is 25.2 Å². The van der Waals surface area contributed by atoms with Crippen LogP contribution in [0.25, 0.3) is 0 Å². The van der Waals surface area contributed by atoms with Crippen molar-refractivity contribution in [3.8, 4) is 0 Å². The van der Waals surface area contributed by atoms with Gasteiger partial charge in [-0.05, 0) is 35.9 Å². The zero-order valence-electron chi connectivity index (χ0n) is 12.3. The van der Waals surface area contributed by atoms with Gasteiger partial charge in [0, 0.05) is 25.4 Å². The minimum atomic E-state index is -3.37. The Morgan fingerprint density at radius 2 is 1.82 bits per heavy atom. The van der Waals surface area contributed by atoms with Crippen molar-refractivity contribution < 1.29 is 17.6 Å². The van der Waals surface area contributed by atoms with Crippen molar-refractivity contribution in [2.24, 2.45) is 0 Å². The highest BCUT2D eigenvalue weighted by molar-refractivity contribution is 7.90. The molecule has 0 atom stereocenters. The lowest BCUT2D eigenvalue weighted by Crippen LogP contribution is -2.26. The quantitative estimate of drug-likeness (QED) is 0.869. The Morgan fingerprint density at radius 3 is 2.45 bits per heavy atom. The van der Waals surface area contributed by atoms with E-state index in [0.717, 1.165) is 6.26 Å². The summed E-state index contributed by atoms with van der Waals surface area (Å²) in [5, 5.41) is 0. The van der Waals surface area contributed by atoms with Crippen molar-refractivity contribution in [1.82, 2.24) is 4.90 Å². The largest absolute Gasteiger partial charge is 0.337 e. The third-order valence-electron chi connectivity index (χ3n) is 3.16. The molecule has 0 saturated carbocycles. The molecule has 0 saturated heterocycles. The molecule has 2 aromatic carbocycles. The molecule has 0 heterocycles. The lowest BCUT2D eigenvalue weighted by atomic mass is 10.1. The van der Waals surface area contributed by atoms with Gasteiger partial charge in [-0.3, -0.25) is 4.79 Å². The van der Waals surface area contributed by atoms with Crippen LogP contribution in [0.15, 0.2) is 53.4 Å². The third-order valence-corrected chi connectivity index (χ3v) is 4.27. The van der Waals surface area contributed by atoms with Crippen LogP contribution in [0.4, 0.5) is 4.39 Å². The van der Waals surface area contributed by atoms with E-state index in [4.69, 9.17) is 0 Å². The minimum Gasteiger partial charge on any atom is -0.337 e. The number of rotatable bonds is 4. The molecule has 0 fully saturated rings. The van der Waals surface area contributed by atoms with Gasteiger partial charge in [0.25, 0.3) is 5.91 Å². The summed E-state index contributed by atoms with van der Waals surface area (Å²) < 4.78 is 36.2. The van der Waals surface area contributed by atoms with E-state index in [1.807, 2.05) is 0 Å². The number of sulfone groups is 1. The molecule has 0 aliphatic carbocycles. The maximum Gasteiger partial charge on any atom is 0.253 e. The normalized spacial score (nSPS) is 11.2. The van der Waals surface area contributed by atoms with Crippen molar-refractivity contribution >= 4 is 15.7 Å². The number of benzene rings is 2. The van der Waals surface area contributed by atoms with Gasteiger partial charge in [0.1, 0.15) is 5.82 Å². The summed E-state index contributed by atoms with van der Waals surface area (Å²) >= 11 is 0. The summed E-state index contributed by atoms with van der Waals surface area (Å²) in [7, 11) is -1.79. The molecule has 0 radical (unpaired) electrons. The number of amides is 1. The van der Waals surface area contributed by atoms with Gasteiger partial charge in [-0.2, -0.15) is 0 Å². The van der Waals surface area contributed by atoms with E-state index < -0.39 is 9.84 Å². The molecule has 0 aromatic heterocycles. The Hall–Kier alpha value is -2.21. The molecule has 116 valence electrons. The lowest BCUT2D eigenvalue weighted by molar-refractivity contribution is 0.0784. The molecular weight excluding hydrogens is 305 g/mol. The Kier molecular flexibility index (Phi) is 4.61. The maximum atomic E-state index is 13.2. The molecule has 22 heavy (non-hydrogen) atoms. The molecule has 0 aliphatic heterocycles. The number of hydrogen-bond donors (Lipinski definition) is 0. The molecule has 2 rings (SSSR count). The summed E-state index contributed by atoms with van der Waals surface area (Å²) in [6.07, 6.45) is 1.09. The van der Waals surface area contributed by atoms with Crippen LogP contribution in [0, 0.1) is 5.82 Å². The van der Waals surface area contributed by atoms with Gasteiger partial charge >= 0.3 is 0 Å². The van der Waals surface area contributed by atoms with Gasteiger partial charge in [-0.1, -0.05) is 18.2 Å². The molecule has 0 bridgehead atoms. The average Bonchev–Trinajstić information content (AvgIpc) is 2.45. The fraction of sp³-hybridized carbons (Fsp3) is 0.188. The number of carbonyl (C=O) groups is 1. The van der Waals surface area contributed by atoms with Gasteiger partial charge in [-0.15, -0.1) is 0 Å². The van der Waals surface area contributed by atoms with Gasteiger partial charge in [0.05, 0.1) is 4.90 Å². The van der Waals surface area contributed by atoms with Crippen LogP contribution >= 0.6 is 0 Å². The van der Waals surface area contributed by atoms with Gasteiger partial charge in [0.2, 0.25) is 0 Å². The maximum absolute atomic E-state index is 13.2. The number of carbonyl (C=O) groups excluding carboxylic acids is 1. The second kappa shape index (κ2) is 6.27. The number of hydrogen-bond acceptors (Lipinski definition) is 3. The molecule has 1 amide bonds. The molecule has 0 spiro atoms. The summed E-state index contributed by atoms with van der Waals surface area (Å²) in [4.78, 5) is 13.9. The smallest absolute Gasteiger partial charge is 0.253 e. The van der Waals surface area contributed by atoms with Crippen molar-refractivity contribution in [2.45, 2.75) is 11.4 Å². The predicted molar refractivity (Wildman–Crippen MR) is 81.7 cm³/mol. The van der Waals surface area contributed by atoms with E-state index in [-0.39, 0.29) is 28.7 Å². The van der Waals surface area contributed by atoms with Gasteiger partial charge < -0.3 is 4.90 Å². The van der Waals surface area contributed by atoms with Crippen LogP contribution < -0.4 is 0 Å². The van der Waals surface area contributed by atoms with Gasteiger partial charge in [-0.25, -0.2) is 12.8 Å². The Balaban J connectivity index is 2.21. The first-order valence-electron chi connectivity index (χ1n) is 6.57. The van der Waals surface area contributed by atoms with Crippen molar-refractivity contribution in [3.63, 3.8) is 0 Å². The summed E-state index contributed by atoms with van der Waals surface area (Å²) in [5.41, 5.74) is 0.942. The lowest BCUT2D eigenvalue weighted by Gasteiger charge is -2.17. The standard InChI is InChI=1S/C16H16FNO3S/c1-18(11-12-5-3-7-14(17)9-12)16(19)13-6-4-8-15(10-13)22(2,20)21/h3-10H,11H2,1-2H3. The van der Waals surface area contributed by atoms with Crippen LogP contribution in [-0.4, -0.2) is 32.5 Å². The van der Waals surface area contributed by atoms with Crippen LogP contribution in [0.3, 0.4) is 0 Å². The van der Waals surface area contributed by atoms with Crippen LogP contribution in [-0.2, 0) is 16.4 Å². The first-order valence-corrected chi connectivity index (χ1v) is 8.46. The molecule has 0 N–H and O–H groups in total. The highest BCUT2D eigenvalue weighted by Gasteiger charge is 2.15. The first kappa shape index (κ1) is 16.2. The number of nitrogens with zero attached hydrogens (tertiary/aromatic N) is 1. The molecule has 0 unspecified atom stereocenters. The van der Waals surface area contributed by atoms with Crippen molar-refractivity contribution in [2.75, 3.05) is 13.3 Å². The topological polar surface area (TPSA) is 54.5 Å². The second-order valence-corrected chi connectivity index (χ2v) is 7.11. The molecule has 4 nitrogen and oxygen atoms in total. The Bertz CT molecular complexity index is 803. The Labute approximate surface area is 129 Å². The van der Waals surface area contributed by atoms with Crippen LogP contribution in [0.1, 0.15) is 15.9 Å². The highest BCUT2D eigenvalue weighted by Crippen LogP contribution is 2.14. The van der Waals surface area contributed by atoms with Crippen molar-refractivity contribution in [3.05, 3.63) is 65.5 Å². The van der Waals surface area contributed by atoms with E-state index >= 15 is 0 Å². The highest BCUT2D eigenvalue weighted by atomic mass is 32.2. The predicted octanol–water partition coefficient (Wildman–Crippen LogP) is 2.50. The SMILES string of the molecule is CN(Cc1cccc(F)c1)C(=O)c1cccc(S(C)(=O)=O)c1. The average molecular weight is 321 g/mol. The van der Waals surface area contributed by atoms with Crippen LogP contribution in [0.5, 0.6) is 0 Å². The minimum absolute atomic E-state index is 0.0949. The fourth-order valence-corrected chi connectivity index (χ4v) is 2.73. The molecule has 0 aliphatic rings. The Morgan fingerprint density at radius 1 is 1.14 bits per heavy atom.